The van der Waals surface area contributed by atoms with E-state index in [4.69, 9.17) is 14.4 Å². The van der Waals surface area contributed by atoms with Crippen LogP contribution in [-0.2, 0) is 4.79 Å². The lowest BCUT2D eigenvalue weighted by molar-refractivity contribution is -0.112. The molecule has 21 heavy (non-hydrogen) atoms. The maximum absolute atomic E-state index is 12.0. The molecule has 0 aliphatic heterocycles. The van der Waals surface area contributed by atoms with Crippen LogP contribution >= 0.6 is 0 Å². The number of furan rings is 1. The van der Waals surface area contributed by atoms with Crippen LogP contribution < -0.4 is 10.1 Å². The average molecular weight is 282 g/mol. The van der Waals surface area contributed by atoms with Gasteiger partial charge in [-0.3, -0.25) is 4.79 Å². The van der Waals surface area contributed by atoms with Gasteiger partial charge >= 0.3 is 0 Å². The van der Waals surface area contributed by atoms with Crippen molar-refractivity contribution in [1.82, 2.24) is 0 Å². The number of benzene rings is 1. The van der Waals surface area contributed by atoms with Gasteiger partial charge in [0.05, 0.1) is 7.11 Å². The summed E-state index contributed by atoms with van der Waals surface area (Å²) in [5.74, 6) is 1.38. The number of nitriles is 1. The van der Waals surface area contributed by atoms with Crippen molar-refractivity contribution in [2.45, 2.75) is 6.92 Å². The number of hydrogen-bond acceptors (Lipinski definition) is 4. The van der Waals surface area contributed by atoms with Gasteiger partial charge in [-0.25, -0.2) is 0 Å². The zero-order chi connectivity index (χ0) is 15.2. The maximum atomic E-state index is 12.0. The number of aryl methyl sites for hydroxylation is 1. The van der Waals surface area contributed by atoms with E-state index in [0.29, 0.717) is 23.0 Å². The Balaban J connectivity index is 2.13. The Hall–Kier alpha value is -3.00. The second-order valence-corrected chi connectivity index (χ2v) is 4.30. The minimum Gasteiger partial charge on any atom is -0.497 e. The molecule has 0 bridgehead atoms. The van der Waals surface area contributed by atoms with Crippen molar-refractivity contribution < 1.29 is 13.9 Å². The molecule has 0 unspecified atom stereocenters. The van der Waals surface area contributed by atoms with Crippen molar-refractivity contribution in [2.24, 2.45) is 0 Å². The molecule has 0 saturated heterocycles. The number of anilines is 1. The summed E-state index contributed by atoms with van der Waals surface area (Å²) >= 11 is 0. The summed E-state index contributed by atoms with van der Waals surface area (Å²) in [5.41, 5.74) is 0.553. The van der Waals surface area contributed by atoms with Gasteiger partial charge in [-0.05, 0) is 43.3 Å². The van der Waals surface area contributed by atoms with E-state index in [1.54, 1.807) is 50.4 Å². The van der Waals surface area contributed by atoms with Gasteiger partial charge in [-0.1, -0.05) is 0 Å². The summed E-state index contributed by atoms with van der Waals surface area (Å²) < 4.78 is 10.4. The van der Waals surface area contributed by atoms with E-state index < -0.39 is 5.91 Å². The Labute approximate surface area is 122 Å². The molecule has 2 rings (SSSR count). The van der Waals surface area contributed by atoms with Crippen LogP contribution in [0.25, 0.3) is 6.08 Å². The summed E-state index contributed by atoms with van der Waals surface area (Å²) in [4.78, 5) is 12.0. The van der Waals surface area contributed by atoms with Crippen LogP contribution in [0, 0.1) is 18.3 Å². The normalized spacial score (nSPS) is 10.8. The first-order valence-corrected chi connectivity index (χ1v) is 6.26. The topological polar surface area (TPSA) is 75.3 Å². The van der Waals surface area contributed by atoms with E-state index in [9.17, 15) is 4.79 Å². The minimum atomic E-state index is -0.489. The Morgan fingerprint density at radius 2 is 2.00 bits per heavy atom. The van der Waals surface area contributed by atoms with Gasteiger partial charge in [-0.15, -0.1) is 0 Å². The third-order valence-corrected chi connectivity index (χ3v) is 2.76. The summed E-state index contributed by atoms with van der Waals surface area (Å²) in [7, 11) is 1.56. The molecule has 0 fully saturated rings. The van der Waals surface area contributed by atoms with Gasteiger partial charge in [0.2, 0.25) is 0 Å². The molecule has 1 heterocycles. The highest BCUT2D eigenvalue weighted by molar-refractivity contribution is 6.09. The number of hydrogen-bond donors (Lipinski definition) is 1. The van der Waals surface area contributed by atoms with Gasteiger partial charge < -0.3 is 14.5 Å². The van der Waals surface area contributed by atoms with Crippen molar-refractivity contribution >= 4 is 17.7 Å². The third kappa shape index (κ3) is 3.74. The Morgan fingerprint density at radius 1 is 1.29 bits per heavy atom. The fraction of sp³-hybridized carbons (Fsp3) is 0.125. The first-order chi connectivity index (χ1) is 10.1. The lowest BCUT2D eigenvalue weighted by atomic mass is 10.2. The predicted octanol–water partition coefficient (Wildman–Crippen LogP) is 3.14. The fourth-order valence-electron chi connectivity index (χ4n) is 1.69. The van der Waals surface area contributed by atoms with Crippen molar-refractivity contribution in [2.75, 3.05) is 12.4 Å². The molecule has 0 aliphatic rings. The molecule has 0 radical (unpaired) electrons. The second-order valence-electron chi connectivity index (χ2n) is 4.30. The van der Waals surface area contributed by atoms with Gasteiger partial charge in [0.15, 0.2) is 0 Å². The molecule has 5 nitrogen and oxygen atoms in total. The number of rotatable bonds is 4. The molecule has 1 amide bonds. The molecule has 106 valence electrons. The number of nitrogens with zero attached hydrogens (tertiary/aromatic N) is 1. The summed E-state index contributed by atoms with van der Waals surface area (Å²) in [5, 5.41) is 11.7. The van der Waals surface area contributed by atoms with Crippen LogP contribution in [0.1, 0.15) is 11.5 Å². The number of nitrogens with one attached hydrogen (secondary N) is 1. The molecule has 1 aromatic carbocycles. The van der Waals surface area contributed by atoms with Crippen LogP contribution in [0.4, 0.5) is 5.69 Å². The predicted molar refractivity (Wildman–Crippen MR) is 78.7 cm³/mol. The zero-order valence-corrected chi connectivity index (χ0v) is 11.7. The zero-order valence-electron chi connectivity index (χ0n) is 11.7. The molecular weight excluding hydrogens is 268 g/mol. The lowest BCUT2D eigenvalue weighted by Crippen LogP contribution is -2.13. The lowest BCUT2D eigenvalue weighted by Gasteiger charge is -2.05. The van der Waals surface area contributed by atoms with E-state index in [0.717, 1.165) is 0 Å². The number of methoxy groups -OCH3 is 1. The molecule has 0 saturated carbocycles. The molecule has 2 aromatic rings. The summed E-state index contributed by atoms with van der Waals surface area (Å²) in [6.45, 7) is 1.79. The maximum Gasteiger partial charge on any atom is 0.266 e. The summed E-state index contributed by atoms with van der Waals surface area (Å²) in [6, 6.07) is 12.2. The molecule has 5 heteroatoms. The third-order valence-electron chi connectivity index (χ3n) is 2.76. The highest BCUT2D eigenvalue weighted by Gasteiger charge is 2.10. The quantitative estimate of drug-likeness (QED) is 0.690. The van der Waals surface area contributed by atoms with Crippen molar-refractivity contribution in [3.63, 3.8) is 0 Å². The van der Waals surface area contributed by atoms with Crippen LogP contribution in [0.2, 0.25) is 0 Å². The summed E-state index contributed by atoms with van der Waals surface area (Å²) in [6.07, 6.45) is 1.41. The molecule has 0 atom stereocenters. The first-order valence-electron chi connectivity index (χ1n) is 6.26. The average Bonchev–Trinajstić information content (AvgIpc) is 2.90. The van der Waals surface area contributed by atoms with Crippen LogP contribution in [0.15, 0.2) is 46.4 Å². The van der Waals surface area contributed by atoms with E-state index in [2.05, 4.69) is 5.32 Å². The molecule has 0 aliphatic carbocycles. The largest absolute Gasteiger partial charge is 0.497 e. The van der Waals surface area contributed by atoms with Crippen molar-refractivity contribution in [3.8, 4) is 11.8 Å². The highest BCUT2D eigenvalue weighted by Crippen LogP contribution is 2.16. The van der Waals surface area contributed by atoms with E-state index in [1.165, 1.54) is 6.08 Å². The van der Waals surface area contributed by atoms with Gasteiger partial charge in [-0.2, -0.15) is 5.26 Å². The van der Waals surface area contributed by atoms with E-state index >= 15 is 0 Å². The SMILES string of the molecule is COc1ccc(NC(=O)C(C#N)=Cc2ccc(C)o2)cc1. The minimum absolute atomic E-state index is 0.0276. The fourth-order valence-corrected chi connectivity index (χ4v) is 1.69. The van der Waals surface area contributed by atoms with Crippen molar-refractivity contribution in [3.05, 3.63) is 53.5 Å². The van der Waals surface area contributed by atoms with E-state index in [-0.39, 0.29) is 5.57 Å². The van der Waals surface area contributed by atoms with Crippen LogP contribution in [0.5, 0.6) is 5.75 Å². The Morgan fingerprint density at radius 3 is 2.52 bits per heavy atom. The number of amides is 1. The Kier molecular flexibility index (Phi) is 4.42. The highest BCUT2D eigenvalue weighted by atomic mass is 16.5. The van der Waals surface area contributed by atoms with Gasteiger partial charge in [0.1, 0.15) is 28.9 Å². The van der Waals surface area contributed by atoms with Crippen LogP contribution in [-0.4, -0.2) is 13.0 Å². The molecular formula is C16H14N2O3. The molecule has 1 aromatic heterocycles. The van der Waals surface area contributed by atoms with E-state index in [1.807, 2.05) is 6.07 Å². The van der Waals surface area contributed by atoms with Gasteiger partial charge in [0, 0.05) is 11.8 Å². The number of carbonyl (C=O) groups excluding carboxylic acids is 1. The Bertz CT molecular complexity index is 706. The first kappa shape index (κ1) is 14.4. The second kappa shape index (κ2) is 6.44. The standard InChI is InChI=1S/C16H14N2O3/c1-11-3-6-15(21-11)9-12(10-17)16(19)18-13-4-7-14(20-2)8-5-13/h3-9H,1-2H3,(H,18,19). The monoisotopic (exact) mass is 282 g/mol. The van der Waals surface area contributed by atoms with Crippen LogP contribution in [0.3, 0.4) is 0 Å². The molecule has 0 spiro atoms. The number of ether oxygens (including phenoxy) is 1. The van der Waals surface area contributed by atoms with Gasteiger partial charge in [0.25, 0.3) is 5.91 Å². The molecule has 1 N–H and O–H groups in total. The number of carbonyl (C=O) groups is 1. The smallest absolute Gasteiger partial charge is 0.266 e. The van der Waals surface area contributed by atoms with Crippen molar-refractivity contribution in [1.29, 1.82) is 5.26 Å².